The number of aromatic hydroxyl groups is 1. The van der Waals surface area contributed by atoms with Crippen LogP contribution in [0.1, 0.15) is 40.5 Å². The Hall–Kier alpha value is -2.67. The van der Waals surface area contributed by atoms with Gasteiger partial charge >= 0.3 is 15.6 Å². The molecule has 1 aromatic heterocycles. The van der Waals surface area contributed by atoms with E-state index >= 15 is 0 Å². The summed E-state index contributed by atoms with van der Waals surface area (Å²) in [5.74, 6) is -3.01. The topological polar surface area (TPSA) is 111 Å². The van der Waals surface area contributed by atoms with Gasteiger partial charge in [-0.25, -0.2) is 4.39 Å². The van der Waals surface area contributed by atoms with E-state index in [1.165, 1.54) is 12.1 Å². The summed E-state index contributed by atoms with van der Waals surface area (Å²) in [6, 6.07) is 3.66. The maximum atomic E-state index is 14.5. The van der Waals surface area contributed by atoms with Gasteiger partial charge in [-0.1, -0.05) is 0 Å². The minimum atomic E-state index is -6.03. The molecule has 2 N–H and O–H groups in total. The summed E-state index contributed by atoms with van der Waals surface area (Å²) in [6.07, 6.45) is 1.25. The summed E-state index contributed by atoms with van der Waals surface area (Å²) < 4.78 is 83.8. The molecular weight excluding hydrogens is 470 g/mol. The van der Waals surface area contributed by atoms with E-state index in [1.54, 1.807) is 0 Å². The Kier molecular flexibility index (Phi) is 6.26. The number of phenols is 1. The van der Waals surface area contributed by atoms with E-state index in [9.17, 15) is 31.1 Å². The van der Waals surface area contributed by atoms with Crippen molar-refractivity contribution in [2.75, 3.05) is 0 Å². The maximum Gasteiger partial charge on any atom is 0.534 e. The molecule has 13 heteroatoms. The number of nitrogens with zero attached hydrogens (tertiary/aromatic N) is 2. The molecule has 33 heavy (non-hydrogen) atoms. The number of hydrogen-bond acceptors (Lipinski definition) is 8. The average Bonchev–Trinajstić information content (AvgIpc) is 2.58. The Morgan fingerprint density at radius 1 is 1.09 bits per heavy atom. The number of nitrogens with one attached hydrogen (secondary N) is 1. The Morgan fingerprint density at radius 3 is 2.18 bits per heavy atom. The molecule has 1 saturated heterocycles. The second-order valence-electron chi connectivity index (χ2n) is 9.08. The fourth-order valence-corrected chi connectivity index (χ4v) is 4.49. The highest BCUT2D eigenvalue weighted by Crippen LogP contribution is 2.37. The van der Waals surface area contributed by atoms with Crippen molar-refractivity contribution in [3.8, 4) is 28.6 Å². The quantitative estimate of drug-likeness (QED) is 0.367. The molecular formula is C20H23F4N3O5S. The summed E-state index contributed by atoms with van der Waals surface area (Å²) >= 11 is 0. The van der Waals surface area contributed by atoms with Crippen LogP contribution in [0.4, 0.5) is 17.6 Å². The number of hydrogen-bond donors (Lipinski definition) is 2. The number of alkyl halides is 3. The Balaban J connectivity index is 1.80. The number of rotatable bonds is 5. The van der Waals surface area contributed by atoms with Crippen LogP contribution in [0.5, 0.6) is 17.4 Å². The number of phenolic OH excluding ortho intramolecular Hbond substituents is 1. The zero-order valence-corrected chi connectivity index (χ0v) is 19.0. The highest BCUT2D eigenvalue weighted by atomic mass is 32.2. The molecule has 0 aliphatic carbocycles. The molecule has 0 radical (unpaired) electrons. The third kappa shape index (κ3) is 5.82. The normalized spacial score (nSPS) is 18.7. The molecule has 182 valence electrons. The maximum absolute atomic E-state index is 14.5. The number of ether oxygens (including phenoxy) is 1. The number of halogens is 4. The summed E-state index contributed by atoms with van der Waals surface area (Å²) in [4.78, 5) is 0. The lowest BCUT2D eigenvalue weighted by molar-refractivity contribution is -0.0500. The highest BCUT2D eigenvalue weighted by molar-refractivity contribution is 7.88. The van der Waals surface area contributed by atoms with Gasteiger partial charge < -0.3 is 19.3 Å². The highest BCUT2D eigenvalue weighted by Gasteiger charge is 2.48. The molecule has 2 aromatic rings. The van der Waals surface area contributed by atoms with Gasteiger partial charge in [0, 0.05) is 42.1 Å². The van der Waals surface area contributed by atoms with E-state index in [0.29, 0.717) is 25.0 Å². The predicted octanol–water partition coefficient (Wildman–Crippen LogP) is 3.90. The minimum absolute atomic E-state index is 0.145. The first-order chi connectivity index (χ1) is 15.0. The van der Waals surface area contributed by atoms with E-state index in [1.807, 2.05) is 0 Å². The van der Waals surface area contributed by atoms with Gasteiger partial charge in [-0.05, 0) is 33.8 Å². The minimum Gasteiger partial charge on any atom is -0.507 e. The molecule has 2 heterocycles. The Bertz CT molecular complexity index is 1100. The lowest BCUT2D eigenvalue weighted by Crippen LogP contribution is -2.60. The first-order valence-electron chi connectivity index (χ1n) is 9.81. The van der Waals surface area contributed by atoms with Gasteiger partial charge in [0.1, 0.15) is 23.4 Å². The van der Waals surface area contributed by atoms with Crippen LogP contribution in [0.3, 0.4) is 0 Å². The van der Waals surface area contributed by atoms with E-state index in [2.05, 4.69) is 47.4 Å². The molecule has 0 atom stereocenters. The van der Waals surface area contributed by atoms with E-state index < -0.39 is 38.5 Å². The molecule has 3 rings (SSSR count). The molecule has 0 amide bonds. The van der Waals surface area contributed by atoms with E-state index in [0.717, 1.165) is 0 Å². The van der Waals surface area contributed by atoms with Crippen molar-refractivity contribution in [1.29, 1.82) is 0 Å². The molecule has 8 nitrogen and oxygen atoms in total. The molecule has 0 spiro atoms. The van der Waals surface area contributed by atoms with Crippen molar-refractivity contribution < 1.29 is 40.0 Å². The van der Waals surface area contributed by atoms with Crippen molar-refractivity contribution >= 4 is 10.1 Å². The summed E-state index contributed by atoms with van der Waals surface area (Å²) in [5.41, 5.74) is -6.68. The first kappa shape index (κ1) is 25.0. The van der Waals surface area contributed by atoms with Crippen LogP contribution in [0.25, 0.3) is 11.3 Å². The monoisotopic (exact) mass is 493 g/mol. The molecule has 1 aliphatic rings. The van der Waals surface area contributed by atoms with Crippen LogP contribution in [0.2, 0.25) is 0 Å². The fraction of sp³-hybridized carbons (Fsp3) is 0.500. The summed E-state index contributed by atoms with van der Waals surface area (Å²) in [6.45, 7) is 8.21. The summed E-state index contributed by atoms with van der Waals surface area (Å²) in [5, 5.41) is 21.3. The van der Waals surface area contributed by atoms with Crippen LogP contribution < -0.4 is 14.2 Å². The largest absolute Gasteiger partial charge is 0.534 e. The molecule has 1 fully saturated rings. The average molecular weight is 493 g/mol. The second kappa shape index (κ2) is 8.28. The van der Waals surface area contributed by atoms with Crippen LogP contribution >= 0.6 is 0 Å². The Morgan fingerprint density at radius 2 is 1.70 bits per heavy atom. The van der Waals surface area contributed by atoms with Crippen molar-refractivity contribution in [2.45, 2.75) is 63.2 Å². The van der Waals surface area contributed by atoms with Crippen molar-refractivity contribution in [2.24, 2.45) is 0 Å². The van der Waals surface area contributed by atoms with Crippen LogP contribution in [0, 0.1) is 5.82 Å². The van der Waals surface area contributed by atoms with Gasteiger partial charge in [-0.3, -0.25) is 0 Å². The molecule has 1 aliphatic heterocycles. The zero-order valence-electron chi connectivity index (χ0n) is 18.2. The van der Waals surface area contributed by atoms with Gasteiger partial charge in [-0.15, -0.1) is 10.2 Å². The fourth-order valence-electron chi connectivity index (χ4n) is 4.04. The van der Waals surface area contributed by atoms with E-state index in [-0.39, 0.29) is 28.8 Å². The Labute approximate surface area is 188 Å². The first-order valence-corrected chi connectivity index (χ1v) is 11.2. The lowest BCUT2D eigenvalue weighted by atomic mass is 9.81. The number of aromatic nitrogens is 2. The number of piperidine rings is 1. The van der Waals surface area contributed by atoms with E-state index in [4.69, 9.17) is 4.74 Å². The van der Waals surface area contributed by atoms with Crippen molar-refractivity contribution in [3.05, 3.63) is 30.1 Å². The summed E-state index contributed by atoms with van der Waals surface area (Å²) in [7, 11) is -6.03. The van der Waals surface area contributed by atoms with Crippen molar-refractivity contribution in [3.63, 3.8) is 0 Å². The van der Waals surface area contributed by atoms with Crippen LogP contribution in [0.15, 0.2) is 24.3 Å². The second-order valence-corrected chi connectivity index (χ2v) is 10.6. The smallest absolute Gasteiger partial charge is 0.507 e. The third-order valence-corrected chi connectivity index (χ3v) is 5.85. The lowest BCUT2D eigenvalue weighted by Gasteiger charge is -2.46. The number of benzene rings is 1. The van der Waals surface area contributed by atoms with Crippen molar-refractivity contribution in [1.82, 2.24) is 15.5 Å². The molecule has 0 bridgehead atoms. The van der Waals surface area contributed by atoms with Crippen LogP contribution in [-0.2, 0) is 10.1 Å². The molecule has 0 saturated carbocycles. The van der Waals surface area contributed by atoms with Gasteiger partial charge in [0.15, 0.2) is 0 Å². The SMILES string of the molecule is CC1(C)CC(Oc2ccc(-c3c(O)cc(OS(=O)(=O)C(F)(F)F)cc3F)nn2)CC(C)(C)N1. The molecule has 0 unspecified atom stereocenters. The van der Waals surface area contributed by atoms with Gasteiger partial charge in [0.2, 0.25) is 5.88 Å². The molecule has 1 aromatic carbocycles. The standard InChI is InChI=1S/C20H23F4N3O5S/c1-18(2)9-12(10-19(3,4)27-18)31-16-6-5-14(25-26-16)17-13(21)7-11(8-15(17)28)32-33(29,30)20(22,23)24/h5-8,12,27-28H,9-10H2,1-4H3. The van der Waals surface area contributed by atoms with Gasteiger partial charge in [0.05, 0.1) is 11.3 Å². The van der Waals surface area contributed by atoms with Gasteiger partial charge in [0.25, 0.3) is 0 Å². The van der Waals surface area contributed by atoms with Gasteiger partial charge in [-0.2, -0.15) is 21.6 Å². The predicted molar refractivity (Wildman–Crippen MR) is 110 cm³/mol. The third-order valence-electron chi connectivity index (χ3n) is 4.87. The zero-order chi connectivity index (χ0) is 24.8. The van der Waals surface area contributed by atoms with Crippen LogP contribution in [-0.4, -0.2) is 46.4 Å².